The first-order chi connectivity index (χ1) is 17.2. The zero-order chi connectivity index (χ0) is 27.1. The Bertz CT molecular complexity index is 1260. The van der Waals surface area contributed by atoms with Gasteiger partial charge in [-0.1, -0.05) is 42.0 Å². The Kier molecular flexibility index (Phi) is 7.20. The van der Waals surface area contributed by atoms with Crippen LogP contribution in [0.15, 0.2) is 77.7 Å². The van der Waals surface area contributed by atoms with Crippen molar-refractivity contribution in [1.29, 1.82) is 0 Å². The van der Waals surface area contributed by atoms with Crippen molar-refractivity contribution in [3.63, 3.8) is 0 Å². The number of halogens is 6. The van der Waals surface area contributed by atoms with Crippen LogP contribution in [0, 0.1) is 6.92 Å². The second-order valence-corrected chi connectivity index (χ2v) is 10.9. The molecule has 0 radical (unpaired) electrons. The van der Waals surface area contributed by atoms with E-state index >= 15 is 0 Å². The van der Waals surface area contributed by atoms with Gasteiger partial charge in [0.15, 0.2) is 0 Å². The van der Waals surface area contributed by atoms with Crippen molar-refractivity contribution in [2.24, 2.45) is 0 Å². The van der Waals surface area contributed by atoms with E-state index in [0.717, 1.165) is 29.8 Å². The maximum absolute atomic E-state index is 13.1. The predicted molar refractivity (Wildman–Crippen MR) is 125 cm³/mol. The molecule has 3 nitrogen and oxygen atoms in total. The van der Waals surface area contributed by atoms with E-state index in [-0.39, 0.29) is 30.6 Å². The lowest BCUT2D eigenvalue weighted by atomic mass is 9.64. The molecule has 1 aliphatic carbocycles. The van der Waals surface area contributed by atoms with Gasteiger partial charge in [-0.3, -0.25) is 4.18 Å². The highest BCUT2D eigenvalue weighted by molar-refractivity contribution is 7.86. The van der Waals surface area contributed by atoms with Gasteiger partial charge in [-0.2, -0.15) is 34.8 Å². The van der Waals surface area contributed by atoms with Crippen molar-refractivity contribution in [2.45, 2.75) is 61.4 Å². The van der Waals surface area contributed by atoms with Crippen molar-refractivity contribution in [3.8, 4) is 0 Å². The van der Waals surface area contributed by atoms with Crippen LogP contribution in [0.25, 0.3) is 0 Å². The number of rotatable bonds is 5. The van der Waals surface area contributed by atoms with Crippen molar-refractivity contribution in [1.82, 2.24) is 0 Å². The fourth-order valence-corrected chi connectivity index (χ4v) is 5.95. The molecule has 0 bridgehead atoms. The van der Waals surface area contributed by atoms with E-state index in [0.29, 0.717) is 11.1 Å². The Balaban J connectivity index is 1.63. The molecule has 0 atom stereocenters. The molecule has 0 heterocycles. The summed E-state index contributed by atoms with van der Waals surface area (Å²) in [5.41, 5.74) is -0.656. The Morgan fingerprint density at radius 1 is 0.703 bits per heavy atom. The van der Waals surface area contributed by atoms with Crippen LogP contribution in [-0.2, 0) is 32.1 Å². The molecule has 37 heavy (non-hydrogen) atoms. The van der Waals surface area contributed by atoms with Crippen LogP contribution >= 0.6 is 0 Å². The summed E-state index contributed by atoms with van der Waals surface area (Å²) in [5.74, 6) is 0. The second-order valence-electron chi connectivity index (χ2n) is 9.30. The van der Waals surface area contributed by atoms with Crippen LogP contribution < -0.4 is 0 Å². The SMILES string of the molecule is Cc1ccc(S(=O)(=O)OC2CCC(c3ccc(C(F)(F)F)cc3)(c3ccc(C(F)(F)F)cc3)CC2)cc1. The molecule has 10 heteroatoms. The molecule has 3 aromatic carbocycles. The average molecular weight is 543 g/mol. The monoisotopic (exact) mass is 542 g/mol. The standard InChI is InChI=1S/C27H24F6O3S/c1-18-2-12-24(13-3-18)37(34,35)36-23-14-16-25(17-15-23,19-4-8-21(9-5-19)26(28,29)30)20-6-10-22(11-7-20)27(31,32)33/h2-13,23H,14-17H2,1H3. The smallest absolute Gasteiger partial charge is 0.263 e. The molecular formula is C27H24F6O3S. The van der Waals surface area contributed by atoms with Gasteiger partial charge in [0.05, 0.1) is 22.1 Å². The largest absolute Gasteiger partial charge is 0.416 e. The first-order valence-corrected chi connectivity index (χ1v) is 13.0. The number of hydrogen-bond acceptors (Lipinski definition) is 3. The lowest BCUT2D eigenvalue weighted by molar-refractivity contribution is -0.138. The fourth-order valence-electron chi connectivity index (χ4n) is 4.82. The summed E-state index contributed by atoms with van der Waals surface area (Å²) in [6.45, 7) is 1.82. The Morgan fingerprint density at radius 3 is 1.49 bits per heavy atom. The molecule has 0 aromatic heterocycles. The third-order valence-electron chi connectivity index (χ3n) is 6.89. The number of hydrogen-bond donors (Lipinski definition) is 0. The molecule has 0 aliphatic heterocycles. The summed E-state index contributed by atoms with van der Waals surface area (Å²) in [4.78, 5) is 0.0143. The van der Waals surface area contributed by atoms with Gasteiger partial charge >= 0.3 is 12.4 Å². The molecule has 3 aromatic rings. The Morgan fingerprint density at radius 2 is 1.11 bits per heavy atom. The van der Waals surface area contributed by atoms with E-state index in [2.05, 4.69) is 0 Å². The first kappa shape index (κ1) is 27.2. The highest BCUT2D eigenvalue weighted by atomic mass is 32.2. The summed E-state index contributed by atoms with van der Waals surface area (Å²) in [6, 6.07) is 15.3. The van der Waals surface area contributed by atoms with Crippen LogP contribution in [0.1, 0.15) is 53.5 Å². The van der Waals surface area contributed by atoms with Gasteiger partial charge in [0.1, 0.15) is 0 Å². The van der Waals surface area contributed by atoms with Crippen molar-refractivity contribution in [2.75, 3.05) is 0 Å². The zero-order valence-electron chi connectivity index (χ0n) is 19.7. The van der Waals surface area contributed by atoms with E-state index in [9.17, 15) is 34.8 Å². The minimum absolute atomic E-state index is 0.0143. The minimum Gasteiger partial charge on any atom is -0.263 e. The highest BCUT2D eigenvalue weighted by Crippen LogP contribution is 2.47. The summed E-state index contributed by atoms with van der Waals surface area (Å²) in [7, 11) is -4.04. The molecule has 0 unspecified atom stereocenters. The molecule has 1 saturated carbocycles. The molecule has 0 saturated heterocycles. The zero-order valence-corrected chi connectivity index (χ0v) is 20.6. The number of alkyl halides is 6. The molecular weight excluding hydrogens is 518 g/mol. The molecule has 1 fully saturated rings. The van der Waals surface area contributed by atoms with E-state index in [1.807, 2.05) is 6.92 Å². The molecule has 0 spiro atoms. The molecule has 4 rings (SSSR count). The van der Waals surface area contributed by atoms with Crippen LogP contribution in [0.5, 0.6) is 0 Å². The van der Waals surface area contributed by atoms with Crippen LogP contribution in [0.4, 0.5) is 26.3 Å². The maximum Gasteiger partial charge on any atom is 0.416 e. The lowest BCUT2D eigenvalue weighted by Gasteiger charge is -2.41. The van der Waals surface area contributed by atoms with Gasteiger partial charge in [0, 0.05) is 5.41 Å². The Hall–Kier alpha value is -2.85. The van der Waals surface area contributed by atoms with Crippen molar-refractivity contribution < 1.29 is 38.9 Å². The molecule has 198 valence electrons. The van der Waals surface area contributed by atoms with E-state index in [4.69, 9.17) is 4.18 Å². The van der Waals surface area contributed by atoms with Crippen LogP contribution in [0.3, 0.4) is 0 Å². The Labute approximate surface area is 211 Å². The van der Waals surface area contributed by atoms with Gasteiger partial charge in [-0.25, -0.2) is 0 Å². The van der Waals surface area contributed by atoms with Gasteiger partial charge in [-0.15, -0.1) is 0 Å². The summed E-state index contributed by atoms with van der Waals surface area (Å²) in [5, 5.41) is 0. The van der Waals surface area contributed by atoms with E-state index < -0.39 is 45.1 Å². The average Bonchev–Trinajstić information content (AvgIpc) is 2.84. The first-order valence-electron chi connectivity index (χ1n) is 11.6. The van der Waals surface area contributed by atoms with Crippen LogP contribution in [-0.4, -0.2) is 14.5 Å². The second kappa shape index (κ2) is 9.79. The normalized spacial score (nSPS) is 17.1. The molecule has 0 N–H and O–H groups in total. The lowest BCUT2D eigenvalue weighted by Crippen LogP contribution is -2.36. The van der Waals surface area contributed by atoms with Gasteiger partial charge < -0.3 is 0 Å². The summed E-state index contributed by atoms with van der Waals surface area (Å²) in [6.07, 6.45) is -8.70. The summed E-state index contributed by atoms with van der Waals surface area (Å²) >= 11 is 0. The van der Waals surface area contributed by atoms with E-state index in [1.54, 1.807) is 12.1 Å². The summed E-state index contributed by atoms with van der Waals surface area (Å²) < 4.78 is 110. The van der Waals surface area contributed by atoms with Gasteiger partial charge in [0.25, 0.3) is 10.1 Å². The minimum atomic E-state index is -4.53. The van der Waals surface area contributed by atoms with Gasteiger partial charge in [-0.05, 0) is 80.1 Å². The van der Waals surface area contributed by atoms with Crippen molar-refractivity contribution >= 4 is 10.1 Å². The molecule has 1 aliphatic rings. The van der Waals surface area contributed by atoms with Gasteiger partial charge in [0.2, 0.25) is 0 Å². The topological polar surface area (TPSA) is 43.4 Å². The van der Waals surface area contributed by atoms with Crippen molar-refractivity contribution in [3.05, 3.63) is 101 Å². The maximum atomic E-state index is 13.1. The van der Waals surface area contributed by atoms with E-state index in [1.165, 1.54) is 36.4 Å². The predicted octanol–water partition coefficient (Wildman–Crippen LogP) is 7.67. The highest BCUT2D eigenvalue weighted by Gasteiger charge is 2.41. The third-order valence-corrected chi connectivity index (χ3v) is 8.26. The third kappa shape index (κ3) is 5.85. The fraction of sp³-hybridized carbons (Fsp3) is 0.333. The number of aryl methyl sites for hydroxylation is 1. The number of benzene rings is 3. The molecule has 0 amide bonds. The van der Waals surface area contributed by atoms with Crippen LogP contribution in [0.2, 0.25) is 0 Å². The quantitative estimate of drug-likeness (QED) is 0.246.